The van der Waals surface area contributed by atoms with Gasteiger partial charge in [0.15, 0.2) is 5.58 Å². The lowest BCUT2D eigenvalue weighted by atomic mass is 10.1. The van der Waals surface area contributed by atoms with E-state index < -0.39 is 5.63 Å². The van der Waals surface area contributed by atoms with Gasteiger partial charge >= 0.3 is 5.63 Å². The smallest absolute Gasteiger partial charge is 0.349 e. The predicted molar refractivity (Wildman–Crippen MR) is 98.9 cm³/mol. The van der Waals surface area contributed by atoms with E-state index in [2.05, 4.69) is 0 Å². The highest BCUT2D eigenvalue weighted by molar-refractivity contribution is 6.38. The summed E-state index contributed by atoms with van der Waals surface area (Å²) in [7, 11) is 0. The van der Waals surface area contributed by atoms with Crippen molar-refractivity contribution in [3.8, 4) is 0 Å². The number of hydrogen-bond donors (Lipinski definition) is 0. The number of carbonyl (C=O) groups excluding carboxylic acids is 1. The summed E-state index contributed by atoms with van der Waals surface area (Å²) in [5.74, 6) is -0.385. The van der Waals surface area contributed by atoms with Crippen LogP contribution in [-0.4, -0.2) is 11.9 Å². The molecule has 0 spiro atoms. The zero-order valence-electron chi connectivity index (χ0n) is 13.3. The first-order valence-corrected chi connectivity index (χ1v) is 8.55. The van der Waals surface area contributed by atoms with Crippen molar-refractivity contribution in [3.05, 3.63) is 74.1 Å². The number of amides is 1. The van der Waals surface area contributed by atoms with Gasteiger partial charge in [-0.1, -0.05) is 41.4 Å². The van der Waals surface area contributed by atoms with Crippen LogP contribution in [0.3, 0.4) is 0 Å². The third kappa shape index (κ3) is 2.62. The molecule has 0 aliphatic carbocycles. The molecule has 0 radical (unpaired) electrons. The van der Waals surface area contributed by atoms with Crippen LogP contribution < -0.4 is 10.5 Å². The van der Waals surface area contributed by atoms with Gasteiger partial charge in [0.05, 0.1) is 5.02 Å². The van der Waals surface area contributed by atoms with E-state index in [-0.39, 0.29) is 28.1 Å². The van der Waals surface area contributed by atoms with Gasteiger partial charge in [-0.15, -0.1) is 0 Å². The van der Waals surface area contributed by atoms with E-state index in [9.17, 15) is 9.59 Å². The number of benzene rings is 2. The Hall–Kier alpha value is -2.30. The summed E-state index contributed by atoms with van der Waals surface area (Å²) < 4.78 is 5.29. The summed E-state index contributed by atoms with van der Waals surface area (Å²) in [6.07, 6.45) is 0.748. The zero-order chi connectivity index (χ0) is 17.7. The predicted octanol–water partition coefficient (Wildman–Crippen LogP) is 4.69. The van der Waals surface area contributed by atoms with Gasteiger partial charge in [0.1, 0.15) is 5.56 Å². The molecule has 1 aromatic heterocycles. The van der Waals surface area contributed by atoms with Crippen LogP contribution in [0.1, 0.15) is 22.8 Å². The number of anilines is 1. The Morgan fingerprint density at radius 1 is 1.20 bits per heavy atom. The molecule has 1 aliphatic heterocycles. The standard InChI is InChI=1S/C19H13Cl2NO3/c1-10-6-11-4-2-3-5-16(11)22(10)18(23)14-8-12-7-13(20)9-15(21)17(12)25-19(14)24/h2-5,7-10H,6H2,1H3. The zero-order valence-corrected chi connectivity index (χ0v) is 14.8. The Morgan fingerprint density at radius 3 is 2.76 bits per heavy atom. The van der Waals surface area contributed by atoms with Crippen molar-refractivity contribution in [2.24, 2.45) is 0 Å². The number of fused-ring (bicyclic) bond motifs is 2. The van der Waals surface area contributed by atoms with E-state index >= 15 is 0 Å². The molecule has 0 bridgehead atoms. The molecule has 6 heteroatoms. The highest BCUT2D eigenvalue weighted by Crippen LogP contribution is 2.33. The van der Waals surface area contributed by atoms with Gasteiger partial charge in [-0.3, -0.25) is 4.79 Å². The Kier molecular flexibility index (Phi) is 3.82. The van der Waals surface area contributed by atoms with E-state index in [4.69, 9.17) is 27.6 Å². The highest BCUT2D eigenvalue weighted by atomic mass is 35.5. The van der Waals surface area contributed by atoms with Crippen LogP contribution in [-0.2, 0) is 6.42 Å². The van der Waals surface area contributed by atoms with E-state index in [0.717, 1.165) is 17.7 Å². The van der Waals surface area contributed by atoms with Crippen LogP contribution in [0.5, 0.6) is 0 Å². The Bertz CT molecular complexity index is 1070. The van der Waals surface area contributed by atoms with Crippen LogP contribution in [0.2, 0.25) is 10.0 Å². The first-order chi connectivity index (χ1) is 12.0. The molecule has 2 heterocycles. The molecule has 25 heavy (non-hydrogen) atoms. The first kappa shape index (κ1) is 16.2. The van der Waals surface area contributed by atoms with Crippen LogP contribution in [0.15, 0.2) is 51.7 Å². The maximum absolute atomic E-state index is 13.1. The first-order valence-electron chi connectivity index (χ1n) is 7.80. The average Bonchev–Trinajstić information content (AvgIpc) is 2.90. The maximum Gasteiger partial charge on any atom is 0.349 e. The summed E-state index contributed by atoms with van der Waals surface area (Å²) in [6.45, 7) is 1.95. The molecule has 0 saturated carbocycles. The van der Waals surface area contributed by atoms with E-state index in [1.165, 1.54) is 12.1 Å². The van der Waals surface area contributed by atoms with Crippen LogP contribution >= 0.6 is 23.2 Å². The van der Waals surface area contributed by atoms with Gasteiger partial charge < -0.3 is 9.32 Å². The minimum absolute atomic E-state index is 0.0330. The van der Waals surface area contributed by atoms with Gasteiger partial charge in [-0.2, -0.15) is 0 Å². The summed E-state index contributed by atoms with van der Waals surface area (Å²) in [4.78, 5) is 27.1. The fraction of sp³-hybridized carbons (Fsp3) is 0.158. The van der Waals surface area contributed by atoms with Gasteiger partial charge in [0.25, 0.3) is 5.91 Å². The lowest BCUT2D eigenvalue weighted by Gasteiger charge is -2.22. The second-order valence-electron chi connectivity index (χ2n) is 6.11. The SMILES string of the molecule is CC1Cc2ccccc2N1C(=O)c1cc2cc(Cl)cc(Cl)c2oc1=O. The van der Waals surface area contributed by atoms with Crippen molar-refractivity contribution >= 4 is 45.8 Å². The number of nitrogens with zero attached hydrogens (tertiary/aromatic N) is 1. The maximum atomic E-state index is 13.1. The third-order valence-corrected chi connectivity index (χ3v) is 4.91. The number of carbonyl (C=O) groups is 1. The van der Waals surface area contributed by atoms with E-state index in [1.807, 2.05) is 31.2 Å². The summed E-state index contributed by atoms with van der Waals surface area (Å²) in [5, 5.41) is 1.16. The van der Waals surface area contributed by atoms with Crippen molar-refractivity contribution < 1.29 is 9.21 Å². The molecule has 0 fully saturated rings. The second kappa shape index (κ2) is 5.90. The summed E-state index contributed by atoms with van der Waals surface area (Å²) in [6, 6.07) is 12.2. The van der Waals surface area contributed by atoms with E-state index in [1.54, 1.807) is 11.0 Å². The third-order valence-electron chi connectivity index (χ3n) is 4.41. The van der Waals surface area contributed by atoms with Crippen LogP contribution in [0.25, 0.3) is 11.0 Å². The van der Waals surface area contributed by atoms with Crippen molar-refractivity contribution in [1.82, 2.24) is 0 Å². The lowest BCUT2D eigenvalue weighted by molar-refractivity contribution is 0.0978. The Morgan fingerprint density at radius 2 is 1.96 bits per heavy atom. The summed E-state index contributed by atoms with van der Waals surface area (Å²) in [5.41, 5.74) is 1.39. The molecule has 1 atom stereocenters. The fourth-order valence-electron chi connectivity index (χ4n) is 3.31. The number of rotatable bonds is 1. The average molecular weight is 374 g/mol. The monoisotopic (exact) mass is 373 g/mol. The number of halogens is 2. The highest BCUT2D eigenvalue weighted by Gasteiger charge is 2.33. The van der Waals surface area contributed by atoms with Gasteiger partial charge in [0, 0.05) is 22.1 Å². The number of hydrogen-bond acceptors (Lipinski definition) is 3. The molecule has 1 aliphatic rings. The molecule has 1 unspecified atom stereocenters. The lowest BCUT2D eigenvalue weighted by Crippen LogP contribution is -2.38. The second-order valence-corrected chi connectivity index (χ2v) is 6.95. The van der Waals surface area contributed by atoms with Gasteiger partial charge in [0.2, 0.25) is 0 Å². The molecule has 4 rings (SSSR count). The topological polar surface area (TPSA) is 50.5 Å². The number of para-hydroxylation sites is 1. The molecule has 3 aromatic rings. The van der Waals surface area contributed by atoms with Gasteiger partial charge in [-0.25, -0.2) is 4.79 Å². The molecule has 4 nitrogen and oxygen atoms in total. The minimum Gasteiger partial charge on any atom is -0.421 e. The quantitative estimate of drug-likeness (QED) is 0.581. The molecular weight excluding hydrogens is 361 g/mol. The Balaban J connectivity index is 1.86. The summed E-state index contributed by atoms with van der Waals surface area (Å²) >= 11 is 12.1. The molecular formula is C19H13Cl2NO3. The molecule has 0 saturated heterocycles. The minimum atomic E-state index is -0.710. The van der Waals surface area contributed by atoms with Crippen LogP contribution in [0, 0.1) is 0 Å². The molecule has 1 amide bonds. The Labute approximate surface area is 153 Å². The molecule has 126 valence electrons. The van der Waals surface area contributed by atoms with Crippen molar-refractivity contribution in [2.75, 3.05) is 4.90 Å². The van der Waals surface area contributed by atoms with Crippen molar-refractivity contribution in [3.63, 3.8) is 0 Å². The van der Waals surface area contributed by atoms with Crippen molar-refractivity contribution in [2.45, 2.75) is 19.4 Å². The fourth-order valence-corrected chi connectivity index (χ4v) is 3.86. The molecule has 0 N–H and O–H groups in total. The largest absolute Gasteiger partial charge is 0.421 e. The van der Waals surface area contributed by atoms with Crippen molar-refractivity contribution in [1.29, 1.82) is 0 Å². The normalized spacial score (nSPS) is 16.3. The van der Waals surface area contributed by atoms with E-state index in [0.29, 0.717) is 10.4 Å². The molecule has 2 aromatic carbocycles. The van der Waals surface area contributed by atoms with Gasteiger partial charge in [-0.05, 0) is 43.2 Å². The van der Waals surface area contributed by atoms with Crippen LogP contribution in [0.4, 0.5) is 5.69 Å².